The zero-order valence-electron chi connectivity index (χ0n) is 19.7. The van der Waals surface area contributed by atoms with Gasteiger partial charge in [0.05, 0.1) is 13.2 Å². The fraction of sp³-hybridized carbons (Fsp3) is 0.478. The summed E-state index contributed by atoms with van der Waals surface area (Å²) < 4.78 is 105. The fourth-order valence-electron chi connectivity index (χ4n) is 4.57. The average Bonchev–Trinajstić information content (AvgIpc) is 3.31. The predicted molar refractivity (Wildman–Crippen MR) is 129 cm³/mol. The van der Waals surface area contributed by atoms with E-state index in [1.54, 1.807) is 0 Å². The Morgan fingerprint density at radius 1 is 1.22 bits per heavy atom. The molecule has 37 heavy (non-hydrogen) atoms. The van der Waals surface area contributed by atoms with Gasteiger partial charge in [-0.1, -0.05) is 29.8 Å². The number of piperidine rings is 1. The first kappa shape index (κ1) is 27.5. The number of alkyl halides is 3. The van der Waals surface area contributed by atoms with Crippen LogP contribution in [0.1, 0.15) is 29.9 Å². The van der Waals surface area contributed by atoms with E-state index in [0.717, 1.165) is 29.0 Å². The van der Waals surface area contributed by atoms with Crippen molar-refractivity contribution in [3.63, 3.8) is 0 Å². The summed E-state index contributed by atoms with van der Waals surface area (Å²) in [6, 6.07) is 7.64. The van der Waals surface area contributed by atoms with Crippen LogP contribution in [0.25, 0.3) is 0 Å². The molecule has 0 radical (unpaired) electrons. The lowest BCUT2D eigenvalue weighted by molar-refractivity contribution is -0.150. The first-order valence-electron chi connectivity index (χ1n) is 11.4. The van der Waals surface area contributed by atoms with Crippen LogP contribution in [0.5, 0.6) is 0 Å². The van der Waals surface area contributed by atoms with Gasteiger partial charge in [0.1, 0.15) is 23.2 Å². The van der Waals surface area contributed by atoms with Crippen LogP contribution in [0.4, 0.5) is 27.1 Å². The molecule has 1 aromatic heterocycles. The van der Waals surface area contributed by atoms with Crippen LogP contribution in [-0.4, -0.2) is 60.3 Å². The Kier molecular flexibility index (Phi) is 8.19. The fourth-order valence-corrected chi connectivity index (χ4v) is 6.52. The van der Waals surface area contributed by atoms with Gasteiger partial charge in [-0.3, -0.25) is 9.62 Å². The van der Waals surface area contributed by atoms with Crippen molar-refractivity contribution in [2.24, 2.45) is 5.92 Å². The molecule has 0 bridgehead atoms. The van der Waals surface area contributed by atoms with Gasteiger partial charge in [0, 0.05) is 36.5 Å². The molecule has 1 aliphatic heterocycles. The van der Waals surface area contributed by atoms with Crippen LogP contribution in [0, 0.1) is 12.8 Å². The SMILES string of the molecule is Cc1ccc(C2CCN(CC(F)(F)F)C[C@H]2COC2=C(F)CC(S(=O)(=O)Nc3ncns3)C(F)=C2)cc1. The lowest BCUT2D eigenvalue weighted by atomic mass is 9.80. The maximum absolute atomic E-state index is 14.9. The highest BCUT2D eigenvalue weighted by Gasteiger charge is 2.39. The Labute approximate surface area is 215 Å². The molecule has 0 amide bonds. The summed E-state index contributed by atoms with van der Waals surface area (Å²) in [6.45, 7) is 0.978. The maximum atomic E-state index is 14.9. The average molecular weight is 565 g/mol. The molecule has 0 saturated carbocycles. The molecule has 2 aromatic rings. The van der Waals surface area contributed by atoms with Crippen molar-refractivity contribution in [1.29, 1.82) is 0 Å². The monoisotopic (exact) mass is 564 g/mol. The molecular formula is C23H25F5N4O3S2. The van der Waals surface area contributed by atoms with Gasteiger partial charge in [0.25, 0.3) is 0 Å². The van der Waals surface area contributed by atoms with Crippen molar-refractivity contribution in [3.05, 3.63) is 65.2 Å². The van der Waals surface area contributed by atoms with Crippen molar-refractivity contribution < 1.29 is 35.1 Å². The van der Waals surface area contributed by atoms with Crippen molar-refractivity contribution in [1.82, 2.24) is 14.3 Å². The number of halogens is 5. The Hall–Kier alpha value is -2.58. The minimum absolute atomic E-state index is 0.0575. The molecule has 2 heterocycles. The van der Waals surface area contributed by atoms with E-state index in [-0.39, 0.29) is 30.7 Å². The molecule has 2 aliphatic rings. The Balaban J connectivity index is 1.47. The number of benzene rings is 1. The maximum Gasteiger partial charge on any atom is 0.401 e. The molecule has 1 aliphatic carbocycles. The summed E-state index contributed by atoms with van der Waals surface area (Å²) in [7, 11) is -4.35. The smallest absolute Gasteiger partial charge is 0.401 e. The summed E-state index contributed by atoms with van der Waals surface area (Å²) in [6.07, 6.45) is -2.92. The number of nitrogens with one attached hydrogen (secondary N) is 1. The van der Waals surface area contributed by atoms with E-state index < -0.39 is 57.7 Å². The van der Waals surface area contributed by atoms with Crippen LogP contribution >= 0.6 is 11.5 Å². The Morgan fingerprint density at radius 2 is 1.95 bits per heavy atom. The number of hydrogen-bond acceptors (Lipinski definition) is 7. The number of allylic oxidation sites excluding steroid dienone is 2. The summed E-state index contributed by atoms with van der Waals surface area (Å²) in [4.78, 5) is 4.95. The first-order chi connectivity index (χ1) is 17.4. The zero-order chi connectivity index (χ0) is 26.8. The van der Waals surface area contributed by atoms with Crippen LogP contribution in [0.3, 0.4) is 0 Å². The molecule has 0 spiro atoms. The number of hydrogen-bond donors (Lipinski definition) is 1. The van der Waals surface area contributed by atoms with Gasteiger partial charge >= 0.3 is 6.18 Å². The summed E-state index contributed by atoms with van der Waals surface area (Å²) in [5.74, 6) is -3.13. The van der Waals surface area contributed by atoms with Gasteiger partial charge in [-0.15, -0.1) is 0 Å². The quantitative estimate of drug-likeness (QED) is 0.451. The molecule has 1 saturated heterocycles. The number of aryl methyl sites for hydroxylation is 1. The molecule has 4 rings (SSSR count). The van der Waals surface area contributed by atoms with Crippen LogP contribution < -0.4 is 4.72 Å². The third-order valence-electron chi connectivity index (χ3n) is 6.35. The molecule has 14 heteroatoms. The molecule has 1 N–H and O–H groups in total. The van der Waals surface area contributed by atoms with Gasteiger partial charge in [-0.2, -0.15) is 17.5 Å². The number of ether oxygens (including phenoxy) is 1. The Bertz CT molecular complexity index is 1250. The van der Waals surface area contributed by atoms with E-state index in [0.29, 0.717) is 12.5 Å². The number of sulfonamides is 1. The highest BCUT2D eigenvalue weighted by molar-refractivity contribution is 7.93. The second-order valence-electron chi connectivity index (χ2n) is 9.11. The molecule has 1 aromatic carbocycles. The van der Waals surface area contributed by atoms with Gasteiger partial charge in [-0.05, 0) is 31.4 Å². The van der Waals surface area contributed by atoms with E-state index in [1.165, 1.54) is 4.90 Å². The molecule has 7 nitrogen and oxygen atoms in total. The van der Waals surface area contributed by atoms with Crippen LogP contribution in [-0.2, 0) is 14.8 Å². The van der Waals surface area contributed by atoms with Crippen LogP contribution in [0.15, 0.2) is 54.1 Å². The third kappa shape index (κ3) is 7.05. The summed E-state index contributed by atoms with van der Waals surface area (Å²) in [5, 5.41) is -1.90. The van der Waals surface area contributed by atoms with Gasteiger partial charge in [0.15, 0.2) is 5.76 Å². The number of nitrogens with zero attached hydrogens (tertiary/aromatic N) is 3. The lowest BCUT2D eigenvalue weighted by Gasteiger charge is -2.39. The van der Waals surface area contributed by atoms with E-state index in [2.05, 4.69) is 14.1 Å². The minimum Gasteiger partial charge on any atom is -0.490 e. The first-order valence-corrected chi connectivity index (χ1v) is 13.8. The van der Waals surface area contributed by atoms with Crippen LogP contribution in [0.2, 0.25) is 0 Å². The lowest BCUT2D eigenvalue weighted by Crippen LogP contribution is -2.45. The molecular weight excluding hydrogens is 539 g/mol. The zero-order valence-corrected chi connectivity index (χ0v) is 21.3. The normalized spacial score (nSPS) is 23.6. The van der Waals surface area contributed by atoms with Gasteiger partial charge in [-0.25, -0.2) is 22.2 Å². The number of anilines is 1. The molecule has 2 unspecified atom stereocenters. The minimum atomic E-state index is -4.37. The van der Waals surface area contributed by atoms with E-state index >= 15 is 0 Å². The van der Waals surface area contributed by atoms with Crippen molar-refractivity contribution in [2.45, 2.75) is 37.1 Å². The highest BCUT2D eigenvalue weighted by atomic mass is 32.2. The standard InChI is InChI=1S/C23H25F5N4O3S2/c1-14-2-4-15(5-3-14)17-6-7-32(12-23(26,27)28)10-16(17)11-35-20-8-19(25)21(9-18(20)24)37(33,34)31-22-29-13-30-36-22/h2-5,8,13,16-17,21H,6-7,9-12H2,1H3,(H,29,30,31)/t16-,17?,21?/m0/s1. The van der Waals surface area contributed by atoms with Crippen molar-refractivity contribution in [2.75, 3.05) is 31.0 Å². The van der Waals surface area contributed by atoms with Gasteiger partial charge in [0.2, 0.25) is 15.2 Å². The Morgan fingerprint density at radius 3 is 2.59 bits per heavy atom. The summed E-state index contributed by atoms with van der Waals surface area (Å²) in [5.41, 5.74) is 1.96. The molecule has 3 atom stereocenters. The predicted octanol–water partition coefficient (Wildman–Crippen LogP) is 5.08. The largest absolute Gasteiger partial charge is 0.490 e. The molecule has 1 fully saturated rings. The van der Waals surface area contributed by atoms with E-state index in [4.69, 9.17) is 4.74 Å². The number of likely N-dealkylation sites (tertiary alicyclic amines) is 1. The topological polar surface area (TPSA) is 84.4 Å². The third-order valence-corrected chi connectivity index (χ3v) is 8.68. The highest BCUT2D eigenvalue weighted by Crippen LogP contribution is 2.37. The second-order valence-corrected chi connectivity index (χ2v) is 11.8. The molecule has 202 valence electrons. The van der Waals surface area contributed by atoms with Crippen molar-refractivity contribution in [3.8, 4) is 0 Å². The number of aromatic nitrogens is 2. The summed E-state index contributed by atoms with van der Waals surface area (Å²) >= 11 is 0.745. The van der Waals surface area contributed by atoms with Gasteiger partial charge < -0.3 is 4.74 Å². The number of rotatable bonds is 8. The van der Waals surface area contributed by atoms with Crippen molar-refractivity contribution >= 4 is 26.7 Å². The van der Waals surface area contributed by atoms with E-state index in [9.17, 15) is 30.4 Å². The second kappa shape index (κ2) is 11.0. The van der Waals surface area contributed by atoms with E-state index in [1.807, 2.05) is 31.2 Å².